The number of nitrogens with one attached hydrogen (secondary N) is 2. The number of carbonyl (C=O) groups is 1. The number of rotatable bonds is 5. The van der Waals surface area contributed by atoms with Crippen LogP contribution >= 0.6 is 11.6 Å². The van der Waals surface area contributed by atoms with Crippen LogP contribution in [0.5, 0.6) is 5.75 Å². The molecule has 1 aromatic carbocycles. The van der Waals surface area contributed by atoms with Crippen LogP contribution in [-0.2, 0) is 4.79 Å². The molecule has 0 atom stereocenters. The highest BCUT2D eigenvalue weighted by atomic mass is 35.5. The van der Waals surface area contributed by atoms with E-state index < -0.39 is 0 Å². The van der Waals surface area contributed by atoms with Gasteiger partial charge < -0.3 is 9.72 Å². The lowest BCUT2D eigenvalue weighted by Crippen LogP contribution is -2.25. The molecule has 6 heteroatoms. The molecule has 0 unspecified atom stereocenters. The monoisotopic (exact) mass is 319 g/mol. The van der Waals surface area contributed by atoms with E-state index in [9.17, 15) is 4.79 Å². The summed E-state index contributed by atoms with van der Waals surface area (Å²) in [5, 5.41) is 4.57. The number of hydrogen-bond acceptors (Lipinski definition) is 3. The Bertz CT molecular complexity index is 688. The Morgan fingerprint density at radius 2 is 2.09 bits per heavy atom. The zero-order valence-corrected chi connectivity index (χ0v) is 13.5. The number of aryl methyl sites for hydroxylation is 2. The average molecular weight is 320 g/mol. The van der Waals surface area contributed by atoms with Gasteiger partial charge in [-0.2, -0.15) is 5.10 Å². The zero-order valence-electron chi connectivity index (χ0n) is 12.7. The molecule has 22 heavy (non-hydrogen) atoms. The fourth-order valence-corrected chi connectivity index (χ4v) is 2.34. The smallest absolute Gasteiger partial charge is 0.277 e. The van der Waals surface area contributed by atoms with Crippen LogP contribution in [0, 0.1) is 13.8 Å². The number of hydrogen-bond donors (Lipinski definition) is 2. The Morgan fingerprint density at radius 3 is 2.73 bits per heavy atom. The molecule has 2 rings (SSSR count). The lowest BCUT2D eigenvalue weighted by molar-refractivity contribution is -0.123. The first-order chi connectivity index (χ1) is 10.5. The Balaban J connectivity index is 1.93. The molecule has 1 aromatic heterocycles. The summed E-state index contributed by atoms with van der Waals surface area (Å²) in [7, 11) is 0. The summed E-state index contributed by atoms with van der Waals surface area (Å²) in [4.78, 5) is 14.9. The highest BCUT2D eigenvalue weighted by Gasteiger charge is 2.09. The maximum atomic E-state index is 11.8. The quantitative estimate of drug-likeness (QED) is 0.656. The van der Waals surface area contributed by atoms with Gasteiger partial charge in [-0.25, -0.2) is 5.43 Å². The summed E-state index contributed by atoms with van der Waals surface area (Å²) >= 11 is 5.95. The van der Waals surface area contributed by atoms with Crippen molar-refractivity contribution >= 4 is 23.2 Å². The molecule has 0 aliphatic rings. The third-order valence-electron chi connectivity index (χ3n) is 3.18. The van der Waals surface area contributed by atoms with Crippen molar-refractivity contribution in [3.63, 3.8) is 0 Å². The second-order valence-electron chi connectivity index (χ2n) is 4.92. The minimum Gasteiger partial charge on any atom is -0.482 e. The van der Waals surface area contributed by atoms with Crippen molar-refractivity contribution in [3.05, 3.63) is 52.3 Å². The molecule has 0 fully saturated rings. The van der Waals surface area contributed by atoms with Crippen LogP contribution in [0.4, 0.5) is 0 Å². The van der Waals surface area contributed by atoms with E-state index in [1.807, 2.05) is 27.0 Å². The fraction of sp³-hybridized carbons (Fsp3) is 0.250. The molecule has 5 nitrogen and oxygen atoms in total. The predicted octanol–water partition coefficient (Wildman–Crippen LogP) is 3.20. The normalized spacial score (nSPS) is 11.4. The van der Waals surface area contributed by atoms with Gasteiger partial charge in [-0.15, -0.1) is 0 Å². The SMILES string of the molecule is C/C(=N\NC(=O)COc1ccccc1Cl)c1c(C)c[nH]c1C. The average Bonchev–Trinajstić information content (AvgIpc) is 2.83. The molecule has 1 amide bonds. The van der Waals surface area contributed by atoms with E-state index in [0.29, 0.717) is 10.8 Å². The van der Waals surface area contributed by atoms with Crippen molar-refractivity contribution in [1.82, 2.24) is 10.4 Å². The van der Waals surface area contributed by atoms with E-state index in [-0.39, 0.29) is 12.5 Å². The Kier molecular flexibility index (Phi) is 5.22. The molecule has 0 saturated carbocycles. The first-order valence-electron chi connectivity index (χ1n) is 6.84. The molecular weight excluding hydrogens is 302 g/mol. The van der Waals surface area contributed by atoms with Gasteiger partial charge in [-0.1, -0.05) is 23.7 Å². The topological polar surface area (TPSA) is 66.5 Å². The summed E-state index contributed by atoms with van der Waals surface area (Å²) in [6.07, 6.45) is 1.91. The minimum atomic E-state index is -0.342. The molecule has 0 bridgehead atoms. The number of para-hydroxylation sites is 1. The molecule has 0 saturated heterocycles. The van der Waals surface area contributed by atoms with Gasteiger partial charge in [0.05, 0.1) is 10.7 Å². The number of nitrogens with zero attached hydrogens (tertiary/aromatic N) is 1. The number of halogens is 1. The molecule has 0 spiro atoms. The molecule has 1 heterocycles. The first kappa shape index (κ1) is 16.1. The summed E-state index contributed by atoms with van der Waals surface area (Å²) in [6.45, 7) is 5.65. The van der Waals surface area contributed by atoms with Crippen LogP contribution < -0.4 is 10.2 Å². The van der Waals surface area contributed by atoms with Gasteiger partial charge >= 0.3 is 0 Å². The van der Waals surface area contributed by atoms with Crippen LogP contribution in [0.25, 0.3) is 0 Å². The van der Waals surface area contributed by atoms with Gasteiger partial charge in [0.2, 0.25) is 0 Å². The molecule has 116 valence electrons. The molecule has 2 aromatic rings. The van der Waals surface area contributed by atoms with Gasteiger partial charge in [-0.05, 0) is 38.5 Å². The van der Waals surface area contributed by atoms with Gasteiger partial charge in [0, 0.05) is 17.5 Å². The first-order valence-corrected chi connectivity index (χ1v) is 7.22. The van der Waals surface area contributed by atoms with E-state index in [1.165, 1.54) is 0 Å². The number of aromatic nitrogens is 1. The van der Waals surface area contributed by atoms with Crippen molar-refractivity contribution in [2.75, 3.05) is 6.61 Å². The lowest BCUT2D eigenvalue weighted by atomic mass is 10.1. The summed E-state index contributed by atoms with van der Waals surface area (Å²) in [5.74, 6) is 0.127. The molecular formula is C16H18ClN3O2. The Morgan fingerprint density at radius 1 is 1.36 bits per heavy atom. The maximum Gasteiger partial charge on any atom is 0.277 e. The van der Waals surface area contributed by atoms with Crippen LogP contribution in [0.3, 0.4) is 0 Å². The van der Waals surface area contributed by atoms with Gasteiger partial charge in [0.25, 0.3) is 5.91 Å². The maximum absolute atomic E-state index is 11.8. The van der Waals surface area contributed by atoms with Crippen LogP contribution in [0.15, 0.2) is 35.6 Å². The van der Waals surface area contributed by atoms with Crippen molar-refractivity contribution in [3.8, 4) is 5.75 Å². The highest BCUT2D eigenvalue weighted by molar-refractivity contribution is 6.32. The second kappa shape index (κ2) is 7.13. The fourth-order valence-electron chi connectivity index (χ4n) is 2.15. The number of H-pyrrole nitrogens is 1. The molecule has 0 aliphatic carbocycles. The Labute approximate surface area is 134 Å². The number of carbonyl (C=O) groups excluding carboxylic acids is 1. The third-order valence-corrected chi connectivity index (χ3v) is 3.49. The summed E-state index contributed by atoms with van der Waals surface area (Å²) in [6, 6.07) is 6.99. The van der Waals surface area contributed by atoms with Crippen molar-refractivity contribution < 1.29 is 9.53 Å². The lowest BCUT2D eigenvalue weighted by Gasteiger charge is -2.07. The summed E-state index contributed by atoms with van der Waals surface area (Å²) in [5.41, 5.74) is 6.32. The van der Waals surface area contributed by atoms with Gasteiger partial charge in [0.1, 0.15) is 5.75 Å². The van der Waals surface area contributed by atoms with E-state index in [1.54, 1.807) is 24.3 Å². The second-order valence-corrected chi connectivity index (χ2v) is 5.33. The van der Waals surface area contributed by atoms with Crippen LogP contribution in [-0.4, -0.2) is 23.2 Å². The van der Waals surface area contributed by atoms with Crippen molar-refractivity contribution in [2.45, 2.75) is 20.8 Å². The van der Waals surface area contributed by atoms with E-state index in [0.717, 1.165) is 22.5 Å². The molecule has 2 N–H and O–H groups in total. The number of aromatic amines is 1. The van der Waals surface area contributed by atoms with Crippen LogP contribution in [0.2, 0.25) is 5.02 Å². The molecule has 0 aliphatic heterocycles. The van der Waals surface area contributed by atoms with Crippen molar-refractivity contribution in [2.24, 2.45) is 5.10 Å². The molecule has 0 radical (unpaired) electrons. The van der Waals surface area contributed by atoms with E-state index in [2.05, 4.69) is 15.5 Å². The minimum absolute atomic E-state index is 0.147. The number of amides is 1. The zero-order chi connectivity index (χ0) is 16.1. The standard InChI is InChI=1S/C16H18ClN3O2/c1-10-8-18-11(2)16(10)12(3)19-20-15(21)9-22-14-7-5-4-6-13(14)17/h4-8,18H,9H2,1-3H3,(H,20,21)/b19-12+. The highest BCUT2D eigenvalue weighted by Crippen LogP contribution is 2.22. The van der Waals surface area contributed by atoms with E-state index >= 15 is 0 Å². The largest absolute Gasteiger partial charge is 0.482 e. The predicted molar refractivity (Wildman–Crippen MR) is 87.6 cm³/mol. The number of hydrazone groups is 1. The Hall–Kier alpha value is -2.27. The van der Waals surface area contributed by atoms with Crippen LogP contribution in [0.1, 0.15) is 23.7 Å². The third kappa shape index (κ3) is 3.89. The van der Waals surface area contributed by atoms with Crippen molar-refractivity contribution in [1.29, 1.82) is 0 Å². The number of ether oxygens (including phenoxy) is 1. The van der Waals surface area contributed by atoms with Gasteiger partial charge in [-0.3, -0.25) is 4.79 Å². The van der Waals surface area contributed by atoms with E-state index in [4.69, 9.17) is 16.3 Å². The summed E-state index contributed by atoms with van der Waals surface area (Å²) < 4.78 is 5.35. The number of benzene rings is 1. The van der Waals surface area contributed by atoms with Gasteiger partial charge in [0.15, 0.2) is 6.61 Å².